The monoisotopic (exact) mass is 499 g/mol. The van der Waals surface area contributed by atoms with Gasteiger partial charge in [0.15, 0.2) is 0 Å². The summed E-state index contributed by atoms with van der Waals surface area (Å²) in [6.45, 7) is 2.12. The summed E-state index contributed by atoms with van der Waals surface area (Å²) in [6, 6.07) is 31.1. The summed E-state index contributed by atoms with van der Waals surface area (Å²) in [5.41, 5.74) is 9.13. The first kappa shape index (κ1) is 21.2. The molecule has 0 saturated heterocycles. The first-order valence-electron chi connectivity index (χ1n) is 10.9. The van der Waals surface area contributed by atoms with Gasteiger partial charge in [-0.1, -0.05) is 83.4 Å². The van der Waals surface area contributed by atoms with Crippen LogP contribution in [0, 0.1) is 6.92 Å². The molecule has 3 aromatic carbocycles. The molecule has 6 rings (SSSR count). The van der Waals surface area contributed by atoms with Gasteiger partial charge < -0.3 is 4.98 Å². The van der Waals surface area contributed by atoms with Gasteiger partial charge in [-0.2, -0.15) is 5.10 Å². The lowest BCUT2D eigenvalue weighted by atomic mass is 10.0. The Kier molecular flexibility index (Phi) is 5.30. The molecule has 0 bridgehead atoms. The third-order valence-electron chi connectivity index (χ3n) is 5.92. The molecule has 3 heterocycles. The normalized spacial score (nSPS) is 11.4. The van der Waals surface area contributed by atoms with E-state index in [0.717, 1.165) is 50.4 Å². The second-order valence-electron chi connectivity index (χ2n) is 8.19. The van der Waals surface area contributed by atoms with Crippen LogP contribution in [-0.4, -0.2) is 14.8 Å². The van der Waals surface area contributed by atoms with Gasteiger partial charge in [0.25, 0.3) is 0 Å². The predicted molar refractivity (Wildman–Crippen MR) is 144 cm³/mol. The second kappa shape index (κ2) is 8.48. The maximum atomic E-state index is 6.53. The molecule has 0 saturated carbocycles. The van der Waals surface area contributed by atoms with Crippen LogP contribution in [0.5, 0.6) is 0 Å². The third kappa shape index (κ3) is 3.64. The SMILES string of the molecule is Cc1ccc2[nH]c(-c3ccccc3)c(-c3cc(-c4cc(Cl)sc4Cl)nn3-c3ccccc3)c2c1. The van der Waals surface area contributed by atoms with E-state index in [4.69, 9.17) is 28.3 Å². The van der Waals surface area contributed by atoms with Gasteiger partial charge >= 0.3 is 0 Å². The minimum absolute atomic E-state index is 0.632. The van der Waals surface area contributed by atoms with E-state index in [9.17, 15) is 0 Å². The highest BCUT2D eigenvalue weighted by Gasteiger charge is 2.22. The molecule has 3 nitrogen and oxygen atoms in total. The van der Waals surface area contributed by atoms with Crippen molar-refractivity contribution in [1.29, 1.82) is 0 Å². The molecule has 0 fully saturated rings. The van der Waals surface area contributed by atoms with Crippen molar-refractivity contribution in [1.82, 2.24) is 14.8 Å². The fraction of sp³-hybridized carbons (Fsp3) is 0.0357. The minimum atomic E-state index is 0.632. The molecule has 34 heavy (non-hydrogen) atoms. The molecule has 0 unspecified atom stereocenters. The van der Waals surface area contributed by atoms with E-state index in [2.05, 4.69) is 72.6 Å². The largest absolute Gasteiger partial charge is 0.354 e. The predicted octanol–water partition coefficient (Wildman–Crippen LogP) is 9.03. The Hall–Kier alpha value is -3.31. The Morgan fingerprint density at radius 2 is 1.59 bits per heavy atom. The summed E-state index contributed by atoms with van der Waals surface area (Å²) in [7, 11) is 0. The van der Waals surface area contributed by atoms with Gasteiger partial charge in [0.05, 0.1) is 27.1 Å². The van der Waals surface area contributed by atoms with E-state index in [1.807, 2.05) is 35.0 Å². The highest BCUT2D eigenvalue weighted by Crippen LogP contribution is 2.43. The summed E-state index contributed by atoms with van der Waals surface area (Å²) in [5, 5.41) is 6.16. The molecule has 0 radical (unpaired) electrons. The number of aromatic amines is 1. The molecule has 0 aliphatic rings. The van der Waals surface area contributed by atoms with Gasteiger partial charge in [-0.25, -0.2) is 4.68 Å². The standard InChI is InChI=1S/C28H19Cl2N3S/c1-17-12-13-22-20(14-17)26(27(31-22)18-8-4-2-5-9-18)24-16-23(21-15-25(29)34-28(21)30)32-33(24)19-10-6-3-7-11-19/h2-16,31H,1H3. The number of thiophene rings is 1. The molecule has 0 amide bonds. The Bertz CT molecular complexity index is 1630. The molecular formula is C28H19Cl2N3S. The number of nitrogens with one attached hydrogen (secondary N) is 1. The smallest absolute Gasteiger partial charge is 0.104 e. The lowest BCUT2D eigenvalue weighted by molar-refractivity contribution is 0.893. The number of nitrogens with zero attached hydrogens (tertiary/aromatic N) is 2. The quantitative estimate of drug-likeness (QED) is 0.257. The third-order valence-corrected chi connectivity index (χ3v) is 7.40. The van der Waals surface area contributed by atoms with Crippen molar-refractivity contribution in [3.63, 3.8) is 0 Å². The van der Waals surface area contributed by atoms with E-state index in [1.165, 1.54) is 16.9 Å². The van der Waals surface area contributed by atoms with Crippen molar-refractivity contribution < 1.29 is 0 Å². The Labute approximate surface area is 211 Å². The molecule has 3 aromatic heterocycles. The number of hydrogen-bond acceptors (Lipinski definition) is 2. The molecule has 0 aliphatic heterocycles. The van der Waals surface area contributed by atoms with Crippen molar-refractivity contribution in [3.05, 3.63) is 105 Å². The fourth-order valence-electron chi connectivity index (χ4n) is 4.36. The van der Waals surface area contributed by atoms with Crippen LogP contribution in [0.2, 0.25) is 8.67 Å². The number of hydrogen-bond donors (Lipinski definition) is 1. The van der Waals surface area contributed by atoms with Crippen molar-refractivity contribution in [2.24, 2.45) is 0 Å². The van der Waals surface area contributed by atoms with Crippen molar-refractivity contribution in [2.45, 2.75) is 6.92 Å². The highest BCUT2D eigenvalue weighted by atomic mass is 35.5. The van der Waals surface area contributed by atoms with Crippen molar-refractivity contribution in [2.75, 3.05) is 0 Å². The van der Waals surface area contributed by atoms with Gasteiger partial charge in [-0.15, -0.1) is 11.3 Å². The topological polar surface area (TPSA) is 33.6 Å². The Morgan fingerprint density at radius 1 is 0.853 bits per heavy atom. The number of H-pyrrole nitrogens is 1. The van der Waals surface area contributed by atoms with Crippen molar-refractivity contribution >= 4 is 45.4 Å². The van der Waals surface area contributed by atoms with Crippen LogP contribution in [0.25, 0.3) is 50.4 Å². The van der Waals surface area contributed by atoms with Crippen LogP contribution in [0.3, 0.4) is 0 Å². The summed E-state index contributed by atoms with van der Waals surface area (Å²) >= 11 is 14.2. The van der Waals surface area contributed by atoms with Crippen LogP contribution < -0.4 is 0 Å². The van der Waals surface area contributed by atoms with E-state index >= 15 is 0 Å². The number of benzene rings is 3. The average molecular weight is 500 g/mol. The number of aromatic nitrogens is 3. The molecule has 166 valence electrons. The van der Waals surface area contributed by atoms with E-state index in [-0.39, 0.29) is 0 Å². The molecular weight excluding hydrogens is 481 g/mol. The number of halogens is 2. The van der Waals surface area contributed by atoms with E-state index in [1.54, 1.807) is 0 Å². The van der Waals surface area contributed by atoms with Crippen molar-refractivity contribution in [3.8, 4) is 39.5 Å². The van der Waals surface area contributed by atoms with Crippen LogP contribution in [0.15, 0.2) is 91.0 Å². The fourth-order valence-corrected chi connectivity index (χ4v) is 5.85. The Balaban J connectivity index is 1.70. The van der Waals surface area contributed by atoms with Crippen LogP contribution >= 0.6 is 34.5 Å². The second-order valence-corrected chi connectivity index (χ2v) is 10.5. The van der Waals surface area contributed by atoms with Gasteiger partial charge in [-0.05, 0) is 48.9 Å². The molecule has 6 aromatic rings. The van der Waals surface area contributed by atoms with Gasteiger partial charge in [0.1, 0.15) is 4.34 Å². The lowest BCUT2D eigenvalue weighted by Crippen LogP contribution is -1.99. The summed E-state index contributed by atoms with van der Waals surface area (Å²) < 4.78 is 3.27. The zero-order valence-corrected chi connectivity index (χ0v) is 20.5. The highest BCUT2D eigenvalue weighted by molar-refractivity contribution is 7.20. The van der Waals surface area contributed by atoms with E-state index in [0.29, 0.717) is 8.67 Å². The van der Waals surface area contributed by atoms with Crippen LogP contribution in [0.1, 0.15) is 5.56 Å². The molecule has 6 heteroatoms. The summed E-state index contributed by atoms with van der Waals surface area (Å²) in [6.07, 6.45) is 0. The molecule has 1 N–H and O–H groups in total. The molecule has 0 atom stereocenters. The van der Waals surface area contributed by atoms with Gasteiger partial charge in [0, 0.05) is 22.0 Å². The first-order chi connectivity index (χ1) is 16.6. The Morgan fingerprint density at radius 3 is 2.29 bits per heavy atom. The minimum Gasteiger partial charge on any atom is -0.354 e. The zero-order chi connectivity index (χ0) is 23.2. The average Bonchev–Trinajstić information content (AvgIpc) is 3.54. The van der Waals surface area contributed by atoms with Crippen LogP contribution in [-0.2, 0) is 0 Å². The van der Waals surface area contributed by atoms with E-state index < -0.39 is 0 Å². The lowest BCUT2D eigenvalue weighted by Gasteiger charge is -2.10. The zero-order valence-electron chi connectivity index (χ0n) is 18.2. The van der Waals surface area contributed by atoms with Gasteiger partial charge in [0.2, 0.25) is 0 Å². The maximum Gasteiger partial charge on any atom is 0.104 e. The first-order valence-corrected chi connectivity index (χ1v) is 12.4. The maximum absolute atomic E-state index is 6.53. The molecule has 0 aliphatic carbocycles. The number of aryl methyl sites for hydroxylation is 1. The number of rotatable bonds is 4. The van der Waals surface area contributed by atoms with Crippen LogP contribution in [0.4, 0.5) is 0 Å². The number of para-hydroxylation sites is 1. The number of fused-ring (bicyclic) bond motifs is 1. The summed E-state index contributed by atoms with van der Waals surface area (Å²) in [4.78, 5) is 3.66. The van der Waals surface area contributed by atoms with Gasteiger partial charge in [-0.3, -0.25) is 0 Å². The summed E-state index contributed by atoms with van der Waals surface area (Å²) in [5.74, 6) is 0. The molecule has 0 spiro atoms.